The monoisotopic (exact) mass is 386 g/mol. The maximum atomic E-state index is 9.78. The van der Waals surface area contributed by atoms with Crippen LogP contribution in [0.2, 0.25) is 0 Å². The molecule has 2 spiro atoms. The van der Waals surface area contributed by atoms with Crippen molar-refractivity contribution < 1.29 is 29.2 Å². The Bertz CT molecular complexity index is 479. The van der Waals surface area contributed by atoms with Gasteiger partial charge in [-0.3, -0.25) is 0 Å². The van der Waals surface area contributed by atoms with E-state index in [1.165, 1.54) is 0 Å². The van der Waals surface area contributed by atoms with Crippen LogP contribution >= 0.6 is 0 Å². The van der Waals surface area contributed by atoms with Gasteiger partial charge in [0.05, 0.1) is 39.6 Å². The van der Waals surface area contributed by atoms with E-state index in [4.69, 9.17) is 18.9 Å². The van der Waals surface area contributed by atoms with E-state index in [-0.39, 0.29) is 35.9 Å². The lowest BCUT2D eigenvalue weighted by Crippen LogP contribution is -2.64. The van der Waals surface area contributed by atoms with Crippen molar-refractivity contribution in [2.45, 2.75) is 71.4 Å². The van der Waals surface area contributed by atoms with Gasteiger partial charge in [-0.1, -0.05) is 27.7 Å². The fraction of sp³-hybridized carbons (Fsp3) is 1.00. The number of hydrogen-bond acceptors (Lipinski definition) is 6. The second kappa shape index (κ2) is 7.88. The summed E-state index contributed by atoms with van der Waals surface area (Å²) in [5, 5.41) is 19.5. The predicted octanol–water partition coefficient (Wildman–Crippen LogP) is 2.71. The van der Waals surface area contributed by atoms with E-state index >= 15 is 0 Å². The van der Waals surface area contributed by atoms with Gasteiger partial charge in [0.1, 0.15) is 0 Å². The number of aliphatic hydroxyl groups excluding tert-OH is 2. The first-order valence-corrected chi connectivity index (χ1v) is 10.6. The van der Waals surface area contributed by atoms with Gasteiger partial charge in [-0.2, -0.15) is 0 Å². The normalized spacial score (nSPS) is 48.2. The average Bonchev–Trinajstić information content (AvgIpc) is 2.72. The van der Waals surface area contributed by atoms with Crippen LogP contribution in [-0.4, -0.2) is 61.4 Å². The van der Waals surface area contributed by atoms with E-state index in [0.29, 0.717) is 26.4 Å². The van der Waals surface area contributed by atoms with E-state index in [1.807, 2.05) is 0 Å². The molecular formula is C21H38O6. The predicted molar refractivity (Wildman–Crippen MR) is 101 cm³/mol. The molecular weight excluding hydrogens is 348 g/mol. The van der Waals surface area contributed by atoms with Crippen LogP contribution in [0.1, 0.15) is 59.8 Å². The Balaban J connectivity index is 1.74. The highest BCUT2D eigenvalue weighted by molar-refractivity contribution is 5.00. The van der Waals surface area contributed by atoms with Gasteiger partial charge in [0.25, 0.3) is 0 Å². The number of ether oxygens (including phenoxy) is 4. The maximum absolute atomic E-state index is 9.78. The Morgan fingerprint density at radius 1 is 0.741 bits per heavy atom. The van der Waals surface area contributed by atoms with Crippen molar-refractivity contribution in [3.63, 3.8) is 0 Å². The summed E-state index contributed by atoms with van der Waals surface area (Å²) >= 11 is 0. The van der Waals surface area contributed by atoms with Gasteiger partial charge in [0.15, 0.2) is 11.6 Å². The average molecular weight is 387 g/mol. The second-order valence-electron chi connectivity index (χ2n) is 9.22. The topological polar surface area (TPSA) is 77.4 Å². The second-order valence-corrected chi connectivity index (χ2v) is 9.22. The molecule has 2 unspecified atom stereocenters. The van der Waals surface area contributed by atoms with Gasteiger partial charge in [0, 0.05) is 35.5 Å². The van der Waals surface area contributed by atoms with Crippen LogP contribution in [0, 0.1) is 22.7 Å². The van der Waals surface area contributed by atoms with Crippen molar-refractivity contribution in [2.24, 2.45) is 22.7 Å². The van der Waals surface area contributed by atoms with Gasteiger partial charge in [-0.25, -0.2) is 0 Å². The van der Waals surface area contributed by atoms with Gasteiger partial charge < -0.3 is 29.2 Å². The van der Waals surface area contributed by atoms with E-state index < -0.39 is 11.6 Å². The fourth-order valence-corrected chi connectivity index (χ4v) is 4.74. The van der Waals surface area contributed by atoms with Crippen LogP contribution in [0.15, 0.2) is 0 Å². The first kappa shape index (κ1) is 21.5. The van der Waals surface area contributed by atoms with Crippen molar-refractivity contribution in [1.82, 2.24) is 0 Å². The van der Waals surface area contributed by atoms with E-state index in [9.17, 15) is 10.2 Å². The van der Waals surface area contributed by atoms with Crippen LogP contribution in [-0.2, 0) is 18.9 Å². The van der Waals surface area contributed by atoms with Gasteiger partial charge >= 0.3 is 0 Å². The molecule has 0 radical (unpaired) electrons. The van der Waals surface area contributed by atoms with Crippen molar-refractivity contribution in [2.75, 3.05) is 39.6 Å². The quantitative estimate of drug-likeness (QED) is 0.757. The minimum atomic E-state index is -0.622. The molecule has 2 heterocycles. The summed E-state index contributed by atoms with van der Waals surface area (Å²) in [4.78, 5) is 0. The summed E-state index contributed by atoms with van der Waals surface area (Å²) in [7, 11) is 0. The third-order valence-electron chi connectivity index (χ3n) is 7.65. The molecule has 0 aromatic heterocycles. The Kier molecular flexibility index (Phi) is 6.27. The molecule has 6 heteroatoms. The molecule has 0 aromatic carbocycles. The van der Waals surface area contributed by atoms with Crippen LogP contribution < -0.4 is 0 Å². The van der Waals surface area contributed by atoms with Crippen molar-refractivity contribution in [1.29, 1.82) is 0 Å². The summed E-state index contributed by atoms with van der Waals surface area (Å²) in [6.07, 6.45) is 4.03. The zero-order chi connectivity index (χ0) is 19.8. The molecule has 3 aliphatic rings. The summed E-state index contributed by atoms with van der Waals surface area (Å²) in [5.41, 5.74) is -0.580. The van der Waals surface area contributed by atoms with E-state index in [0.717, 1.165) is 32.1 Å². The molecule has 27 heavy (non-hydrogen) atoms. The largest absolute Gasteiger partial charge is 0.396 e. The summed E-state index contributed by atoms with van der Waals surface area (Å²) < 4.78 is 25.4. The lowest BCUT2D eigenvalue weighted by molar-refractivity contribution is -0.404. The van der Waals surface area contributed by atoms with Crippen LogP contribution in [0.25, 0.3) is 0 Å². The molecule has 1 saturated carbocycles. The molecule has 2 aliphatic heterocycles. The Labute approximate surface area is 163 Å². The van der Waals surface area contributed by atoms with E-state index in [2.05, 4.69) is 27.7 Å². The van der Waals surface area contributed by atoms with E-state index in [1.54, 1.807) is 0 Å². The highest BCUT2D eigenvalue weighted by Crippen LogP contribution is 2.53. The Hall–Kier alpha value is -0.240. The van der Waals surface area contributed by atoms with Gasteiger partial charge in [-0.15, -0.1) is 0 Å². The number of hydrogen-bond donors (Lipinski definition) is 2. The summed E-state index contributed by atoms with van der Waals surface area (Å²) in [5.74, 6) is -0.943. The number of rotatable bonds is 5. The van der Waals surface area contributed by atoms with Gasteiger partial charge in [0.2, 0.25) is 0 Å². The van der Waals surface area contributed by atoms with Crippen LogP contribution in [0.3, 0.4) is 0 Å². The lowest BCUT2D eigenvalue weighted by Gasteiger charge is -2.58. The summed E-state index contributed by atoms with van der Waals surface area (Å²) in [6.45, 7) is 10.7. The SMILES string of the molecule is CCC1CC2(OCC(CC)(CO)CO2)C(C)CC12OCC(CC)(CO)CO2. The molecule has 2 atom stereocenters. The first-order chi connectivity index (χ1) is 12.9. The molecule has 2 N–H and O–H groups in total. The molecule has 3 rings (SSSR count). The zero-order valence-electron chi connectivity index (χ0n) is 17.5. The molecule has 158 valence electrons. The Morgan fingerprint density at radius 2 is 1.19 bits per heavy atom. The van der Waals surface area contributed by atoms with Crippen LogP contribution in [0.5, 0.6) is 0 Å². The molecule has 1 aliphatic carbocycles. The first-order valence-electron chi connectivity index (χ1n) is 10.6. The fourth-order valence-electron chi connectivity index (χ4n) is 4.74. The molecule has 0 amide bonds. The minimum absolute atomic E-state index is 0.0849. The van der Waals surface area contributed by atoms with Crippen molar-refractivity contribution >= 4 is 0 Å². The summed E-state index contributed by atoms with van der Waals surface area (Å²) in [6, 6.07) is 0. The third-order valence-corrected chi connectivity index (χ3v) is 7.65. The molecule has 0 aromatic rings. The Morgan fingerprint density at radius 3 is 1.56 bits per heavy atom. The highest BCUT2D eigenvalue weighted by atomic mass is 16.7. The number of aliphatic hydroxyl groups is 2. The standard InChI is InChI=1S/C21H38O6/c1-5-17-9-20(24-12-18(6-2,10-22)13-25-20)16(4)8-21(17)26-14-19(7-3,11-23)15-27-21/h16-17,22-23H,5-15H2,1-4H3. The molecule has 3 fully saturated rings. The lowest BCUT2D eigenvalue weighted by atomic mass is 9.70. The van der Waals surface area contributed by atoms with Crippen molar-refractivity contribution in [3.8, 4) is 0 Å². The third kappa shape index (κ3) is 3.58. The van der Waals surface area contributed by atoms with Gasteiger partial charge in [-0.05, 0) is 19.3 Å². The van der Waals surface area contributed by atoms with Crippen LogP contribution in [0.4, 0.5) is 0 Å². The molecule has 6 nitrogen and oxygen atoms in total. The highest BCUT2D eigenvalue weighted by Gasteiger charge is 2.60. The minimum Gasteiger partial charge on any atom is -0.396 e. The zero-order valence-corrected chi connectivity index (χ0v) is 17.5. The maximum Gasteiger partial charge on any atom is 0.171 e. The molecule has 0 bridgehead atoms. The smallest absolute Gasteiger partial charge is 0.171 e. The molecule has 2 saturated heterocycles. The van der Waals surface area contributed by atoms with Crippen molar-refractivity contribution in [3.05, 3.63) is 0 Å².